The van der Waals surface area contributed by atoms with E-state index in [-0.39, 0.29) is 17.6 Å². The van der Waals surface area contributed by atoms with Crippen LogP contribution in [0.2, 0.25) is 0 Å². The molecule has 0 unspecified atom stereocenters. The summed E-state index contributed by atoms with van der Waals surface area (Å²) in [5.41, 5.74) is 1.23. The molecule has 0 aromatic heterocycles. The topological polar surface area (TPSA) is 84.9 Å². The summed E-state index contributed by atoms with van der Waals surface area (Å²) in [6.45, 7) is 1.27. The van der Waals surface area contributed by atoms with Crippen LogP contribution >= 0.6 is 0 Å². The van der Waals surface area contributed by atoms with Crippen molar-refractivity contribution in [2.75, 3.05) is 25.2 Å². The average molecular weight is 400 g/mol. The third kappa shape index (κ3) is 3.88. The number of rotatable bonds is 5. The van der Waals surface area contributed by atoms with Crippen LogP contribution < -0.4 is 14.8 Å². The summed E-state index contributed by atoms with van der Waals surface area (Å²) in [6, 6.07) is 11.7. The van der Waals surface area contributed by atoms with Gasteiger partial charge < -0.3 is 14.8 Å². The highest BCUT2D eigenvalue weighted by molar-refractivity contribution is 7.89. The molecule has 1 N–H and O–H groups in total. The molecule has 1 saturated heterocycles. The van der Waals surface area contributed by atoms with Gasteiger partial charge in [0.25, 0.3) is 0 Å². The van der Waals surface area contributed by atoms with Gasteiger partial charge in [-0.15, -0.1) is 0 Å². The molecule has 2 aliphatic rings. The summed E-state index contributed by atoms with van der Waals surface area (Å²) < 4.78 is 37.4. The van der Waals surface area contributed by atoms with E-state index in [2.05, 4.69) is 5.32 Å². The Morgan fingerprint density at radius 3 is 2.64 bits per heavy atom. The van der Waals surface area contributed by atoms with E-state index in [1.807, 2.05) is 6.07 Å². The molecule has 0 saturated carbocycles. The van der Waals surface area contributed by atoms with E-state index in [1.165, 1.54) is 16.4 Å². The zero-order chi connectivity index (χ0) is 19.6. The van der Waals surface area contributed by atoms with Crippen LogP contribution in [0.5, 0.6) is 11.5 Å². The largest absolute Gasteiger partial charge is 0.454 e. The highest BCUT2D eigenvalue weighted by atomic mass is 32.2. The normalized spacial score (nSPS) is 16.6. The van der Waals surface area contributed by atoms with Gasteiger partial charge in [0, 0.05) is 24.9 Å². The van der Waals surface area contributed by atoms with Crippen LogP contribution in [0.15, 0.2) is 53.4 Å². The minimum absolute atomic E-state index is 0.187. The summed E-state index contributed by atoms with van der Waals surface area (Å²) in [6.07, 6.45) is 4.79. The number of hydrogen-bond acceptors (Lipinski definition) is 5. The maximum absolute atomic E-state index is 12.7. The highest BCUT2D eigenvalue weighted by Crippen LogP contribution is 2.32. The first-order valence-corrected chi connectivity index (χ1v) is 10.5. The number of ether oxygens (including phenoxy) is 2. The molecule has 2 aromatic carbocycles. The zero-order valence-corrected chi connectivity index (χ0v) is 15.9. The number of sulfonamides is 1. The lowest BCUT2D eigenvalue weighted by atomic mass is 10.2. The van der Waals surface area contributed by atoms with Crippen molar-refractivity contribution in [1.29, 1.82) is 0 Å². The van der Waals surface area contributed by atoms with Crippen molar-refractivity contribution >= 4 is 27.7 Å². The van der Waals surface area contributed by atoms with Crippen LogP contribution in [0.1, 0.15) is 18.4 Å². The van der Waals surface area contributed by atoms with Crippen LogP contribution in [-0.2, 0) is 14.8 Å². The van der Waals surface area contributed by atoms with Crippen LogP contribution in [0, 0.1) is 0 Å². The van der Waals surface area contributed by atoms with Crippen LogP contribution in [0.4, 0.5) is 5.69 Å². The number of hydrogen-bond donors (Lipinski definition) is 1. The number of nitrogens with one attached hydrogen (secondary N) is 1. The predicted octanol–water partition coefficient (Wildman–Crippen LogP) is 2.85. The van der Waals surface area contributed by atoms with Crippen LogP contribution in [-0.4, -0.2) is 38.5 Å². The summed E-state index contributed by atoms with van der Waals surface area (Å²) >= 11 is 0. The summed E-state index contributed by atoms with van der Waals surface area (Å²) in [5.74, 6) is 0.966. The fourth-order valence-corrected chi connectivity index (χ4v) is 4.75. The minimum Gasteiger partial charge on any atom is -0.454 e. The molecule has 4 rings (SSSR count). The van der Waals surface area contributed by atoms with Gasteiger partial charge in [0.2, 0.25) is 22.7 Å². The molecule has 2 aliphatic heterocycles. The highest BCUT2D eigenvalue weighted by Gasteiger charge is 2.27. The first-order valence-electron chi connectivity index (χ1n) is 9.01. The lowest BCUT2D eigenvalue weighted by molar-refractivity contribution is -0.111. The first kappa shape index (κ1) is 18.5. The van der Waals surface area contributed by atoms with E-state index in [0.717, 1.165) is 18.4 Å². The molecule has 0 atom stereocenters. The molecule has 1 amide bonds. The lowest BCUT2D eigenvalue weighted by Crippen LogP contribution is -2.27. The van der Waals surface area contributed by atoms with E-state index in [9.17, 15) is 13.2 Å². The molecule has 2 aromatic rings. The van der Waals surface area contributed by atoms with Crippen molar-refractivity contribution < 1.29 is 22.7 Å². The Kier molecular flexibility index (Phi) is 5.06. The molecule has 2 heterocycles. The molecule has 8 heteroatoms. The molecule has 146 valence electrons. The predicted molar refractivity (Wildman–Crippen MR) is 105 cm³/mol. The minimum atomic E-state index is -3.52. The molecule has 0 spiro atoms. The van der Waals surface area contributed by atoms with Gasteiger partial charge in [-0.05, 0) is 54.8 Å². The molecular formula is C20H20N2O5S. The van der Waals surface area contributed by atoms with E-state index in [1.54, 1.807) is 36.4 Å². The van der Waals surface area contributed by atoms with Crippen molar-refractivity contribution in [2.24, 2.45) is 0 Å². The smallest absolute Gasteiger partial charge is 0.248 e. The number of benzene rings is 2. The quantitative estimate of drug-likeness (QED) is 0.780. The second-order valence-electron chi connectivity index (χ2n) is 6.57. The average Bonchev–Trinajstić information content (AvgIpc) is 3.38. The van der Waals surface area contributed by atoms with Gasteiger partial charge in [-0.3, -0.25) is 4.79 Å². The Morgan fingerprint density at radius 1 is 1.04 bits per heavy atom. The van der Waals surface area contributed by atoms with E-state index in [4.69, 9.17) is 9.47 Å². The van der Waals surface area contributed by atoms with Gasteiger partial charge >= 0.3 is 0 Å². The Hall–Kier alpha value is -2.84. The fraction of sp³-hybridized carbons (Fsp3) is 0.250. The lowest BCUT2D eigenvalue weighted by Gasteiger charge is -2.16. The Balaban J connectivity index is 1.44. The monoisotopic (exact) mass is 400 g/mol. The number of nitrogens with zero attached hydrogens (tertiary/aromatic N) is 1. The molecule has 0 radical (unpaired) electrons. The molecule has 28 heavy (non-hydrogen) atoms. The Bertz CT molecular complexity index is 1030. The van der Waals surface area contributed by atoms with Gasteiger partial charge in [0.15, 0.2) is 11.5 Å². The Labute approximate surface area is 163 Å². The zero-order valence-electron chi connectivity index (χ0n) is 15.1. The SMILES string of the molecule is O=C(/C=C/c1ccc2c(c1)OCO2)Nc1cccc(S(=O)(=O)N2CCCC2)c1. The second kappa shape index (κ2) is 7.65. The second-order valence-corrected chi connectivity index (χ2v) is 8.51. The molecule has 7 nitrogen and oxygen atoms in total. The Morgan fingerprint density at radius 2 is 1.82 bits per heavy atom. The van der Waals surface area contributed by atoms with E-state index < -0.39 is 10.0 Å². The molecular weight excluding hydrogens is 380 g/mol. The van der Waals surface area contributed by atoms with Gasteiger partial charge in [0.05, 0.1) is 4.90 Å². The number of fused-ring (bicyclic) bond motifs is 1. The molecule has 1 fully saturated rings. The summed E-state index contributed by atoms with van der Waals surface area (Å²) in [4.78, 5) is 12.4. The summed E-state index contributed by atoms with van der Waals surface area (Å²) in [5, 5.41) is 2.70. The molecule has 0 bridgehead atoms. The van der Waals surface area contributed by atoms with Crippen LogP contribution in [0.25, 0.3) is 6.08 Å². The number of anilines is 1. The number of amides is 1. The van der Waals surface area contributed by atoms with Gasteiger partial charge in [0.1, 0.15) is 0 Å². The number of carbonyl (C=O) groups excluding carboxylic acids is 1. The van der Waals surface area contributed by atoms with Gasteiger partial charge in [-0.2, -0.15) is 4.31 Å². The van der Waals surface area contributed by atoms with Crippen molar-refractivity contribution in [1.82, 2.24) is 4.31 Å². The third-order valence-electron chi connectivity index (χ3n) is 4.63. The fourth-order valence-electron chi connectivity index (χ4n) is 3.18. The third-order valence-corrected chi connectivity index (χ3v) is 6.52. The maximum Gasteiger partial charge on any atom is 0.248 e. The van der Waals surface area contributed by atoms with Crippen molar-refractivity contribution in [3.63, 3.8) is 0 Å². The maximum atomic E-state index is 12.7. The standard InChI is InChI=1S/C20H20N2O5S/c23-20(9-7-15-6-8-18-19(12-15)27-14-26-18)21-16-4-3-5-17(13-16)28(24,25)22-10-1-2-11-22/h3-9,12-13H,1-2,10-11,14H2,(H,21,23)/b9-7+. The van der Waals surface area contributed by atoms with Crippen molar-refractivity contribution in [2.45, 2.75) is 17.7 Å². The van der Waals surface area contributed by atoms with Gasteiger partial charge in [-0.1, -0.05) is 12.1 Å². The van der Waals surface area contributed by atoms with Gasteiger partial charge in [-0.25, -0.2) is 8.42 Å². The first-order chi connectivity index (χ1) is 13.5. The van der Waals surface area contributed by atoms with Crippen LogP contribution in [0.3, 0.4) is 0 Å². The van der Waals surface area contributed by atoms with Crippen molar-refractivity contribution in [3.05, 3.63) is 54.1 Å². The summed E-state index contributed by atoms with van der Waals surface area (Å²) in [7, 11) is -3.52. The molecule has 0 aliphatic carbocycles. The van der Waals surface area contributed by atoms with Crippen molar-refractivity contribution in [3.8, 4) is 11.5 Å². The number of carbonyl (C=O) groups is 1. The van der Waals surface area contributed by atoms with E-state index >= 15 is 0 Å². The van der Waals surface area contributed by atoms with E-state index in [0.29, 0.717) is 30.3 Å².